The lowest BCUT2D eigenvalue weighted by Crippen LogP contribution is -2.39. The zero-order valence-electron chi connectivity index (χ0n) is 15.2. The molecule has 0 radical (unpaired) electrons. The molecule has 2 saturated heterocycles. The van der Waals surface area contributed by atoms with Gasteiger partial charge in [0, 0.05) is 5.56 Å². The Morgan fingerprint density at radius 1 is 1.33 bits per heavy atom. The highest BCUT2D eigenvalue weighted by molar-refractivity contribution is 8.26. The van der Waals surface area contributed by atoms with E-state index >= 15 is 0 Å². The van der Waals surface area contributed by atoms with Gasteiger partial charge in [0.05, 0.1) is 29.1 Å². The number of sulfone groups is 1. The average molecular weight is 426 g/mol. The first kappa shape index (κ1) is 20.4. The van der Waals surface area contributed by atoms with Crippen LogP contribution in [0.1, 0.15) is 38.2 Å². The van der Waals surface area contributed by atoms with Crippen LogP contribution in [0.25, 0.3) is 6.08 Å². The number of nitrogens with zero attached hydrogens (tertiary/aromatic N) is 1. The first-order valence-electron chi connectivity index (χ1n) is 9.10. The van der Waals surface area contributed by atoms with E-state index in [0.29, 0.717) is 22.3 Å². The highest BCUT2D eigenvalue weighted by atomic mass is 32.2. The molecule has 1 aromatic rings. The summed E-state index contributed by atoms with van der Waals surface area (Å²) >= 11 is 6.58. The third-order valence-corrected chi connectivity index (χ3v) is 7.69. The summed E-state index contributed by atoms with van der Waals surface area (Å²) < 4.78 is 29.8. The van der Waals surface area contributed by atoms with Crippen molar-refractivity contribution >= 4 is 50.1 Å². The maximum Gasteiger partial charge on any atom is 0.266 e. The first-order valence-corrected chi connectivity index (χ1v) is 12.1. The van der Waals surface area contributed by atoms with Crippen molar-refractivity contribution in [3.8, 4) is 5.75 Å². The standard InChI is InChI=1S/C19H23NO4S3/c1-2-3-6-10-24-16-8-5-4-7-14(16)12-17-18(21)20(19(25)26-17)15-9-11-27(22,23)13-15/h4-5,7-8,12,15H,2-3,6,9-11,13H2,1H3/b17-12-/t15-/m1/s1. The van der Waals surface area contributed by atoms with Crippen LogP contribution in [-0.4, -0.2) is 47.7 Å². The Hall–Kier alpha value is -1.38. The fourth-order valence-corrected chi connectivity index (χ4v) is 6.27. The first-order chi connectivity index (χ1) is 12.9. The minimum atomic E-state index is -3.08. The fourth-order valence-electron chi connectivity index (χ4n) is 3.18. The van der Waals surface area contributed by atoms with Crippen LogP contribution in [-0.2, 0) is 14.6 Å². The van der Waals surface area contributed by atoms with Crippen molar-refractivity contribution in [3.05, 3.63) is 34.7 Å². The number of rotatable bonds is 7. The van der Waals surface area contributed by atoms with Gasteiger partial charge in [-0.05, 0) is 25.0 Å². The molecular weight excluding hydrogens is 402 g/mol. The summed E-state index contributed by atoms with van der Waals surface area (Å²) in [5.74, 6) is 0.627. The topological polar surface area (TPSA) is 63.7 Å². The van der Waals surface area contributed by atoms with Crippen molar-refractivity contribution in [3.63, 3.8) is 0 Å². The lowest BCUT2D eigenvalue weighted by atomic mass is 10.1. The van der Waals surface area contributed by atoms with Crippen molar-refractivity contribution in [2.24, 2.45) is 0 Å². The zero-order chi connectivity index (χ0) is 19.4. The largest absolute Gasteiger partial charge is 0.493 e. The average Bonchev–Trinajstić information content (AvgIpc) is 3.11. The summed E-state index contributed by atoms with van der Waals surface area (Å²) in [6, 6.07) is 7.24. The van der Waals surface area contributed by atoms with Crippen molar-refractivity contribution in [2.45, 2.75) is 38.6 Å². The Kier molecular flexibility index (Phi) is 6.60. The second-order valence-electron chi connectivity index (χ2n) is 6.70. The van der Waals surface area contributed by atoms with Crippen LogP contribution in [0, 0.1) is 0 Å². The normalized spacial score (nSPS) is 23.4. The smallest absolute Gasteiger partial charge is 0.266 e. The van der Waals surface area contributed by atoms with Gasteiger partial charge in [0.15, 0.2) is 9.84 Å². The SMILES string of the molecule is CCCCCOc1ccccc1/C=C1\SC(=S)N([C@@H]2CCS(=O)(=O)C2)C1=O. The third-order valence-electron chi connectivity index (χ3n) is 4.61. The van der Waals surface area contributed by atoms with E-state index in [1.165, 1.54) is 16.7 Å². The van der Waals surface area contributed by atoms with E-state index in [1.54, 1.807) is 6.08 Å². The number of ether oxygens (including phenoxy) is 1. The van der Waals surface area contributed by atoms with Gasteiger partial charge in [0.1, 0.15) is 10.1 Å². The molecule has 146 valence electrons. The number of unbranched alkanes of at least 4 members (excludes halogenated alkanes) is 2. The van der Waals surface area contributed by atoms with E-state index in [1.807, 2.05) is 24.3 Å². The molecule has 1 amide bonds. The molecule has 0 N–H and O–H groups in total. The predicted molar refractivity (Wildman–Crippen MR) is 114 cm³/mol. The number of para-hydroxylation sites is 1. The van der Waals surface area contributed by atoms with Crippen molar-refractivity contribution in [1.82, 2.24) is 4.90 Å². The molecule has 3 rings (SSSR count). The summed E-state index contributed by atoms with van der Waals surface area (Å²) in [5.41, 5.74) is 0.827. The Bertz CT molecular complexity index is 863. The summed E-state index contributed by atoms with van der Waals surface area (Å²) in [6.07, 6.45) is 5.47. The third kappa shape index (κ3) is 4.92. The van der Waals surface area contributed by atoms with Gasteiger partial charge in [0.2, 0.25) is 0 Å². The molecular formula is C19H23NO4S3. The summed E-state index contributed by atoms with van der Waals surface area (Å²) in [4.78, 5) is 14.8. The lowest BCUT2D eigenvalue weighted by Gasteiger charge is -2.20. The van der Waals surface area contributed by atoms with E-state index in [0.717, 1.165) is 30.6 Å². The lowest BCUT2D eigenvalue weighted by molar-refractivity contribution is -0.123. The molecule has 0 aromatic heterocycles. The van der Waals surface area contributed by atoms with E-state index in [2.05, 4.69) is 6.92 Å². The molecule has 0 unspecified atom stereocenters. The molecule has 1 aromatic carbocycles. The second-order valence-corrected chi connectivity index (χ2v) is 10.6. The minimum absolute atomic E-state index is 0.0101. The number of hydrogen-bond donors (Lipinski definition) is 0. The molecule has 2 fully saturated rings. The van der Waals surface area contributed by atoms with Crippen LogP contribution in [0.2, 0.25) is 0 Å². The predicted octanol–water partition coefficient (Wildman–Crippen LogP) is 3.64. The highest BCUT2D eigenvalue weighted by Crippen LogP contribution is 2.37. The van der Waals surface area contributed by atoms with Crippen LogP contribution >= 0.6 is 24.0 Å². The molecule has 0 saturated carbocycles. The fraction of sp³-hybridized carbons (Fsp3) is 0.474. The van der Waals surface area contributed by atoms with Gasteiger partial charge in [0.25, 0.3) is 5.91 Å². The van der Waals surface area contributed by atoms with Gasteiger partial charge >= 0.3 is 0 Å². The molecule has 0 bridgehead atoms. The molecule has 27 heavy (non-hydrogen) atoms. The number of carbonyl (C=O) groups is 1. The quantitative estimate of drug-likeness (QED) is 0.378. The van der Waals surface area contributed by atoms with Crippen molar-refractivity contribution < 1.29 is 17.9 Å². The maximum atomic E-state index is 12.8. The number of amides is 1. The van der Waals surface area contributed by atoms with Gasteiger partial charge in [-0.25, -0.2) is 8.42 Å². The van der Waals surface area contributed by atoms with Crippen molar-refractivity contribution in [1.29, 1.82) is 0 Å². The Balaban J connectivity index is 1.76. The molecule has 0 spiro atoms. The van der Waals surface area contributed by atoms with Crippen LogP contribution < -0.4 is 4.74 Å². The maximum absolute atomic E-state index is 12.8. The van der Waals surface area contributed by atoms with E-state index in [4.69, 9.17) is 17.0 Å². The van der Waals surface area contributed by atoms with Gasteiger partial charge in [-0.15, -0.1) is 0 Å². The summed E-state index contributed by atoms with van der Waals surface area (Å²) in [7, 11) is -3.08. The molecule has 2 aliphatic heterocycles. The van der Waals surface area contributed by atoms with Crippen LogP contribution in [0.4, 0.5) is 0 Å². The highest BCUT2D eigenvalue weighted by Gasteiger charge is 2.42. The molecule has 0 aliphatic carbocycles. The molecule has 2 aliphatic rings. The van der Waals surface area contributed by atoms with Gasteiger partial charge in [-0.1, -0.05) is 61.9 Å². The molecule has 2 heterocycles. The van der Waals surface area contributed by atoms with Gasteiger partial charge in [-0.3, -0.25) is 9.69 Å². The van der Waals surface area contributed by atoms with Crippen molar-refractivity contribution in [2.75, 3.05) is 18.1 Å². The number of benzene rings is 1. The second kappa shape index (κ2) is 8.75. The number of thioether (sulfide) groups is 1. The Morgan fingerprint density at radius 3 is 2.81 bits per heavy atom. The molecule has 1 atom stereocenters. The summed E-state index contributed by atoms with van der Waals surface area (Å²) in [5, 5.41) is 0. The Morgan fingerprint density at radius 2 is 2.11 bits per heavy atom. The number of hydrogen-bond acceptors (Lipinski definition) is 6. The Labute approximate surface area is 170 Å². The minimum Gasteiger partial charge on any atom is -0.493 e. The molecule has 8 heteroatoms. The van der Waals surface area contributed by atoms with Gasteiger partial charge < -0.3 is 4.74 Å². The van der Waals surface area contributed by atoms with E-state index in [-0.39, 0.29) is 23.5 Å². The van der Waals surface area contributed by atoms with Crippen LogP contribution in [0.3, 0.4) is 0 Å². The van der Waals surface area contributed by atoms with E-state index in [9.17, 15) is 13.2 Å². The van der Waals surface area contributed by atoms with Crippen LogP contribution in [0.15, 0.2) is 29.2 Å². The monoisotopic (exact) mass is 425 g/mol. The van der Waals surface area contributed by atoms with Gasteiger partial charge in [-0.2, -0.15) is 0 Å². The molecule has 5 nitrogen and oxygen atoms in total. The number of carbonyl (C=O) groups excluding carboxylic acids is 1. The van der Waals surface area contributed by atoms with E-state index < -0.39 is 9.84 Å². The van der Waals surface area contributed by atoms with Crippen LogP contribution in [0.5, 0.6) is 5.75 Å². The number of thiocarbonyl (C=S) groups is 1. The zero-order valence-corrected chi connectivity index (χ0v) is 17.7. The summed E-state index contributed by atoms with van der Waals surface area (Å²) in [6.45, 7) is 2.78.